The van der Waals surface area contributed by atoms with Crippen LogP contribution in [0.2, 0.25) is 0 Å². The molecule has 1 atom stereocenters. The van der Waals surface area contributed by atoms with Crippen LogP contribution in [0.1, 0.15) is 18.1 Å². The number of esters is 1. The minimum absolute atomic E-state index is 0.341. The van der Waals surface area contributed by atoms with Gasteiger partial charge in [0.1, 0.15) is 10.7 Å². The van der Waals surface area contributed by atoms with Crippen LogP contribution in [0.25, 0.3) is 0 Å². The van der Waals surface area contributed by atoms with Crippen LogP contribution in [0.5, 0.6) is 0 Å². The summed E-state index contributed by atoms with van der Waals surface area (Å²) in [7, 11) is 0. The summed E-state index contributed by atoms with van der Waals surface area (Å²) >= 11 is 2.45. The van der Waals surface area contributed by atoms with E-state index in [4.69, 9.17) is 10.00 Å². The Kier molecular flexibility index (Phi) is 7.77. The number of nitrogens with zero attached hydrogens (tertiary/aromatic N) is 1. The third-order valence-corrected chi connectivity index (χ3v) is 5.32. The maximum absolute atomic E-state index is 12.2. The van der Waals surface area contributed by atoms with Crippen molar-refractivity contribution in [2.45, 2.75) is 35.8 Å². The summed E-state index contributed by atoms with van der Waals surface area (Å²) in [6.45, 7) is 5.12. The summed E-state index contributed by atoms with van der Waals surface area (Å²) in [6, 6.07) is 13.2. The zero-order valence-electron chi connectivity index (χ0n) is 15.3. The van der Waals surface area contributed by atoms with Crippen LogP contribution >= 0.6 is 23.5 Å². The second-order valence-corrected chi connectivity index (χ2v) is 8.13. The van der Waals surface area contributed by atoms with E-state index in [-0.39, 0.29) is 6.61 Å². The molecule has 0 aliphatic carbocycles. The first-order valence-electron chi connectivity index (χ1n) is 8.26. The lowest BCUT2D eigenvalue weighted by Crippen LogP contribution is -2.25. The van der Waals surface area contributed by atoms with E-state index in [2.05, 4.69) is 5.32 Å². The molecule has 0 unspecified atom stereocenters. The lowest BCUT2D eigenvalue weighted by atomic mass is 10.1. The SMILES string of the molecule is Cc1cc(SC#N)cc(C)c1NC(=O)COC(=O)[C@@H](C)Sc1ccccc1. The molecule has 27 heavy (non-hydrogen) atoms. The van der Waals surface area contributed by atoms with Gasteiger partial charge in [0, 0.05) is 15.5 Å². The van der Waals surface area contributed by atoms with Crippen molar-refractivity contribution in [3.63, 3.8) is 0 Å². The number of thioether (sulfide) groups is 2. The van der Waals surface area contributed by atoms with Crippen LogP contribution in [0, 0.1) is 24.5 Å². The predicted molar refractivity (Wildman–Crippen MR) is 109 cm³/mol. The van der Waals surface area contributed by atoms with Gasteiger partial charge in [0.05, 0.1) is 0 Å². The maximum Gasteiger partial charge on any atom is 0.319 e. The Hall–Kier alpha value is -2.43. The molecular formula is C20H20N2O3S2. The molecule has 0 aliphatic heterocycles. The Labute approximate surface area is 167 Å². The van der Waals surface area contributed by atoms with Gasteiger partial charge in [0.15, 0.2) is 6.61 Å². The number of carbonyl (C=O) groups is 2. The molecule has 1 N–H and O–H groups in total. The number of anilines is 1. The summed E-state index contributed by atoms with van der Waals surface area (Å²) < 4.78 is 5.13. The minimum Gasteiger partial charge on any atom is -0.455 e. The normalized spacial score (nSPS) is 11.3. The third kappa shape index (κ3) is 6.35. The Balaban J connectivity index is 1.89. The van der Waals surface area contributed by atoms with E-state index in [9.17, 15) is 9.59 Å². The largest absolute Gasteiger partial charge is 0.455 e. The van der Waals surface area contributed by atoms with Crippen molar-refractivity contribution in [3.8, 4) is 5.40 Å². The molecule has 2 aromatic rings. The van der Waals surface area contributed by atoms with Crippen molar-refractivity contribution in [3.05, 3.63) is 53.6 Å². The molecule has 5 nitrogen and oxygen atoms in total. The number of nitriles is 1. The van der Waals surface area contributed by atoms with Gasteiger partial charge >= 0.3 is 5.97 Å². The van der Waals surface area contributed by atoms with Crippen molar-refractivity contribution in [1.82, 2.24) is 0 Å². The molecule has 0 saturated heterocycles. The summed E-state index contributed by atoms with van der Waals surface area (Å²) in [4.78, 5) is 26.0. The number of hydrogen-bond donors (Lipinski definition) is 1. The monoisotopic (exact) mass is 400 g/mol. The number of benzene rings is 2. The number of rotatable bonds is 7. The second-order valence-electron chi connectivity index (χ2n) is 5.85. The van der Waals surface area contributed by atoms with Crippen LogP contribution < -0.4 is 5.32 Å². The lowest BCUT2D eigenvalue weighted by molar-refractivity contribution is -0.146. The zero-order valence-corrected chi connectivity index (χ0v) is 16.9. The quantitative estimate of drug-likeness (QED) is 0.418. The molecule has 0 saturated carbocycles. The number of carbonyl (C=O) groups excluding carboxylic acids is 2. The number of amides is 1. The van der Waals surface area contributed by atoms with Gasteiger partial charge in [-0.25, -0.2) is 0 Å². The summed E-state index contributed by atoms with van der Waals surface area (Å²) in [5.41, 5.74) is 2.37. The number of nitrogens with one attached hydrogen (secondary N) is 1. The molecule has 1 amide bonds. The molecular weight excluding hydrogens is 380 g/mol. The zero-order chi connectivity index (χ0) is 19.8. The van der Waals surface area contributed by atoms with Gasteiger partial charge in [-0.15, -0.1) is 11.8 Å². The van der Waals surface area contributed by atoms with E-state index in [0.717, 1.165) is 32.7 Å². The fourth-order valence-electron chi connectivity index (χ4n) is 2.41. The van der Waals surface area contributed by atoms with Gasteiger partial charge in [-0.05, 0) is 67.9 Å². The second kappa shape index (κ2) is 10.0. The number of hydrogen-bond acceptors (Lipinski definition) is 6. The average Bonchev–Trinajstić information content (AvgIpc) is 2.64. The van der Waals surface area contributed by atoms with Crippen molar-refractivity contribution in [1.29, 1.82) is 5.26 Å². The highest BCUT2D eigenvalue weighted by molar-refractivity contribution is 8.03. The maximum atomic E-state index is 12.2. The van der Waals surface area contributed by atoms with E-state index in [1.807, 2.05) is 61.7 Å². The topological polar surface area (TPSA) is 79.2 Å². The highest BCUT2D eigenvalue weighted by Crippen LogP contribution is 2.27. The van der Waals surface area contributed by atoms with E-state index >= 15 is 0 Å². The van der Waals surface area contributed by atoms with Crippen molar-refractivity contribution >= 4 is 41.1 Å². The van der Waals surface area contributed by atoms with Crippen molar-refractivity contribution < 1.29 is 14.3 Å². The van der Waals surface area contributed by atoms with Crippen molar-refractivity contribution in [2.75, 3.05) is 11.9 Å². The molecule has 7 heteroatoms. The summed E-state index contributed by atoms with van der Waals surface area (Å²) in [6.07, 6.45) is 0. The first kappa shape index (κ1) is 20.9. The third-order valence-electron chi connectivity index (χ3n) is 3.67. The van der Waals surface area contributed by atoms with Crippen LogP contribution in [0.4, 0.5) is 5.69 Å². The van der Waals surface area contributed by atoms with E-state index in [0.29, 0.717) is 5.69 Å². The number of thiocyanates is 1. The van der Waals surface area contributed by atoms with E-state index < -0.39 is 17.1 Å². The van der Waals surface area contributed by atoms with Crippen LogP contribution in [0.15, 0.2) is 52.3 Å². The van der Waals surface area contributed by atoms with Gasteiger partial charge in [0.25, 0.3) is 5.91 Å². The summed E-state index contributed by atoms with van der Waals surface area (Å²) in [5.74, 6) is -0.833. The molecule has 0 heterocycles. The molecule has 0 radical (unpaired) electrons. The highest BCUT2D eigenvalue weighted by Gasteiger charge is 2.18. The molecule has 0 aromatic heterocycles. The lowest BCUT2D eigenvalue weighted by Gasteiger charge is -2.14. The fraction of sp³-hybridized carbons (Fsp3) is 0.250. The van der Waals surface area contributed by atoms with Gasteiger partial charge in [-0.1, -0.05) is 18.2 Å². The Bertz CT molecular complexity index is 840. The highest BCUT2D eigenvalue weighted by atomic mass is 32.2. The Morgan fingerprint density at radius 3 is 2.37 bits per heavy atom. The van der Waals surface area contributed by atoms with Crippen LogP contribution in [-0.2, 0) is 14.3 Å². The molecule has 0 spiro atoms. The fourth-order valence-corrected chi connectivity index (χ4v) is 3.88. The Morgan fingerprint density at radius 1 is 1.15 bits per heavy atom. The van der Waals surface area contributed by atoms with Gasteiger partial charge in [0.2, 0.25) is 0 Å². The smallest absolute Gasteiger partial charge is 0.319 e. The molecule has 2 aromatic carbocycles. The molecule has 140 valence electrons. The van der Waals surface area contributed by atoms with E-state index in [1.165, 1.54) is 11.8 Å². The molecule has 0 aliphatic rings. The van der Waals surface area contributed by atoms with Gasteiger partial charge in [-0.3, -0.25) is 9.59 Å². The van der Waals surface area contributed by atoms with E-state index in [1.54, 1.807) is 6.92 Å². The van der Waals surface area contributed by atoms with Crippen molar-refractivity contribution in [2.24, 2.45) is 0 Å². The molecule has 0 fully saturated rings. The van der Waals surface area contributed by atoms with Gasteiger partial charge < -0.3 is 10.1 Å². The minimum atomic E-state index is -0.437. The molecule has 0 bridgehead atoms. The number of ether oxygens (including phenoxy) is 1. The molecule has 2 rings (SSSR count). The van der Waals surface area contributed by atoms with Crippen LogP contribution in [0.3, 0.4) is 0 Å². The predicted octanol–water partition coefficient (Wildman–Crippen LogP) is 4.54. The number of aryl methyl sites for hydroxylation is 2. The average molecular weight is 401 g/mol. The van der Waals surface area contributed by atoms with Gasteiger partial charge in [-0.2, -0.15) is 5.26 Å². The standard InChI is InChI=1S/C20H20N2O3S2/c1-13-9-17(26-12-21)10-14(2)19(13)22-18(23)11-25-20(24)15(3)27-16-7-5-4-6-8-16/h4-10,15H,11H2,1-3H3,(H,22,23)/t15-/m1/s1. The summed E-state index contributed by atoms with van der Waals surface area (Å²) in [5, 5.41) is 13.2. The Morgan fingerprint density at radius 2 is 1.78 bits per heavy atom. The first-order chi connectivity index (χ1) is 12.9. The van der Waals surface area contributed by atoms with Crippen LogP contribution in [-0.4, -0.2) is 23.7 Å². The first-order valence-corrected chi connectivity index (χ1v) is 9.95.